The van der Waals surface area contributed by atoms with E-state index in [2.05, 4.69) is 75.4 Å². The van der Waals surface area contributed by atoms with Gasteiger partial charge in [-0.15, -0.1) is 0 Å². The Labute approximate surface area is 193 Å². The van der Waals surface area contributed by atoms with E-state index in [1.54, 1.807) is 0 Å². The zero-order valence-electron chi connectivity index (χ0n) is 20.1. The van der Waals surface area contributed by atoms with E-state index in [1.165, 1.54) is 16.8 Å². The second-order valence-corrected chi connectivity index (χ2v) is 9.02. The molecule has 1 aliphatic rings. The van der Waals surface area contributed by atoms with Crippen molar-refractivity contribution in [2.75, 3.05) is 55.2 Å². The third-order valence-electron chi connectivity index (χ3n) is 6.01. The molecular formula is C25H41N7. The van der Waals surface area contributed by atoms with Gasteiger partial charge in [-0.2, -0.15) is 4.98 Å². The lowest BCUT2D eigenvalue weighted by atomic mass is 10.1. The number of aryl methyl sites for hydroxylation is 1. The molecular weight excluding hydrogens is 398 g/mol. The third kappa shape index (κ3) is 7.64. The van der Waals surface area contributed by atoms with Crippen molar-refractivity contribution in [3.63, 3.8) is 0 Å². The highest BCUT2D eigenvalue weighted by molar-refractivity contribution is 5.48. The maximum atomic E-state index is 5.80. The summed E-state index contributed by atoms with van der Waals surface area (Å²) < 4.78 is 0. The molecule has 32 heavy (non-hydrogen) atoms. The molecule has 176 valence electrons. The van der Waals surface area contributed by atoms with E-state index in [9.17, 15) is 0 Å². The predicted molar refractivity (Wildman–Crippen MR) is 135 cm³/mol. The SMILES string of the molecule is CCCCNc1nc(N)ncc1CCCN1CCN(c2ccc(CNC(C)C)cc2)CC1. The van der Waals surface area contributed by atoms with Crippen molar-refractivity contribution < 1.29 is 0 Å². The lowest BCUT2D eigenvalue weighted by Crippen LogP contribution is -2.46. The minimum atomic E-state index is 0.341. The van der Waals surface area contributed by atoms with E-state index in [0.717, 1.165) is 77.3 Å². The Bertz CT molecular complexity index is 798. The normalized spacial score (nSPS) is 14.8. The molecule has 0 spiro atoms. The molecule has 1 fully saturated rings. The summed E-state index contributed by atoms with van der Waals surface area (Å²) in [6.07, 6.45) is 6.25. The van der Waals surface area contributed by atoms with E-state index in [-0.39, 0.29) is 0 Å². The summed E-state index contributed by atoms with van der Waals surface area (Å²) in [5, 5.41) is 6.91. The Morgan fingerprint density at radius 1 is 1.06 bits per heavy atom. The van der Waals surface area contributed by atoms with Gasteiger partial charge in [-0.3, -0.25) is 4.90 Å². The molecule has 0 atom stereocenters. The zero-order chi connectivity index (χ0) is 22.8. The molecule has 2 heterocycles. The van der Waals surface area contributed by atoms with Crippen molar-refractivity contribution in [1.29, 1.82) is 0 Å². The van der Waals surface area contributed by atoms with E-state index in [4.69, 9.17) is 5.73 Å². The van der Waals surface area contributed by atoms with Gasteiger partial charge in [0.2, 0.25) is 5.95 Å². The number of rotatable bonds is 12. The summed E-state index contributed by atoms with van der Waals surface area (Å²) in [7, 11) is 0. The fourth-order valence-electron chi connectivity index (χ4n) is 4.01. The van der Waals surface area contributed by atoms with Crippen LogP contribution in [0.2, 0.25) is 0 Å². The van der Waals surface area contributed by atoms with Crippen LogP contribution in [0, 0.1) is 0 Å². The molecule has 7 nitrogen and oxygen atoms in total. The van der Waals surface area contributed by atoms with Gasteiger partial charge in [0.1, 0.15) is 5.82 Å². The van der Waals surface area contributed by atoms with Crippen LogP contribution in [-0.2, 0) is 13.0 Å². The fraction of sp³-hybridized carbons (Fsp3) is 0.600. The maximum absolute atomic E-state index is 5.80. The quantitative estimate of drug-likeness (QED) is 0.437. The Kier molecular flexibility index (Phi) is 9.56. The first-order valence-corrected chi connectivity index (χ1v) is 12.2. The molecule has 4 N–H and O–H groups in total. The third-order valence-corrected chi connectivity index (χ3v) is 6.01. The monoisotopic (exact) mass is 439 g/mol. The van der Waals surface area contributed by atoms with Crippen molar-refractivity contribution in [1.82, 2.24) is 20.2 Å². The van der Waals surface area contributed by atoms with Gasteiger partial charge in [-0.1, -0.05) is 39.3 Å². The first kappa shape index (κ1) is 24.3. The summed E-state index contributed by atoms with van der Waals surface area (Å²) in [5.41, 5.74) is 9.64. The highest BCUT2D eigenvalue weighted by Crippen LogP contribution is 2.19. The van der Waals surface area contributed by atoms with E-state index in [1.807, 2.05) is 6.20 Å². The van der Waals surface area contributed by atoms with Gasteiger partial charge in [-0.05, 0) is 43.5 Å². The highest BCUT2D eigenvalue weighted by Gasteiger charge is 2.17. The number of hydrogen-bond acceptors (Lipinski definition) is 7. The molecule has 0 bridgehead atoms. The van der Waals surface area contributed by atoms with Crippen LogP contribution >= 0.6 is 0 Å². The average Bonchev–Trinajstić information content (AvgIpc) is 2.80. The lowest BCUT2D eigenvalue weighted by Gasteiger charge is -2.36. The lowest BCUT2D eigenvalue weighted by molar-refractivity contribution is 0.255. The van der Waals surface area contributed by atoms with Crippen LogP contribution in [0.25, 0.3) is 0 Å². The average molecular weight is 440 g/mol. The van der Waals surface area contributed by atoms with Gasteiger partial charge in [0.15, 0.2) is 0 Å². The molecule has 1 aromatic heterocycles. The highest BCUT2D eigenvalue weighted by atomic mass is 15.3. The van der Waals surface area contributed by atoms with Crippen LogP contribution in [-0.4, -0.2) is 60.2 Å². The van der Waals surface area contributed by atoms with E-state index >= 15 is 0 Å². The number of nitrogens with one attached hydrogen (secondary N) is 2. The maximum Gasteiger partial charge on any atom is 0.221 e. The number of aromatic nitrogens is 2. The molecule has 0 radical (unpaired) electrons. The van der Waals surface area contributed by atoms with Crippen molar-refractivity contribution >= 4 is 17.5 Å². The first-order chi connectivity index (χ1) is 15.5. The Morgan fingerprint density at radius 3 is 2.50 bits per heavy atom. The largest absolute Gasteiger partial charge is 0.370 e. The van der Waals surface area contributed by atoms with Crippen molar-refractivity contribution in [3.05, 3.63) is 41.6 Å². The molecule has 0 unspecified atom stereocenters. The van der Waals surface area contributed by atoms with Gasteiger partial charge in [0.05, 0.1) is 0 Å². The minimum absolute atomic E-state index is 0.341. The van der Waals surface area contributed by atoms with Gasteiger partial charge in [-0.25, -0.2) is 4.98 Å². The van der Waals surface area contributed by atoms with E-state index in [0.29, 0.717) is 12.0 Å². The molecule has 1 aliphatic heterocycles. The van der Waals surface area contributed by atoms with E-state index < -0.39 is 0 Å². The molecule has 7 heteroatoms. The number of unbranched alkanes of at least 4 members (excludes halogenated alkanes) is 1. The number of benzene rings is 1. The van der Waals surface area contributed by atoms with Gasteiger partial charge in [0.25, 0.3) is 0 Å². The second-order valence-electron chi connectivity index (χ2n) is 9.02. The van der Waals surface area contributed by atoms with Gasteiger partial charge < -0.3 is 21.3 Å². The zero-order valence-corrected chi connectivity index (χ0v) is 20.1. The minimum Gasteiger partial charge on any atom is -0.370 e. The second kappa shape index (κ2) is 12.6. The molecule has 0 aliphatic carbocycles. The van der Waals surface area contributed by atoms with Crippen LogP contribution in [0.3, 0.4) is 0 Å². The Balaban J connectivity index is 1.41. The number of nitrogens with zero attached hydrogens (tertiary/aromatic N) is 4. The number of hydrogen-bond donors (Lipinski definition) is 3. The molecule has 0 saturated carbocycles. The van der Waals surface area contributed by atoms with Gasteiger partial charge >= 0.3 is 0 Å². The molecule has 1 saturated heterocycles. The molecule has 0 amide bonds. The standard InChI is InChI=1S/C25H41N7/c1-4-5-12-27-24-22(19-29-25(26)30-24)7-6-13-31-14-16-32(17-15-31)23-10-8-21(9-11-23)18-28-20(2)3/h8-11,19-20,28H,4-7,12-18H2,1-3H3,(H3,26,27,29,30). The predicted octanol–water partition coefficient (Wildman–Crippen LogP) is 3.52. The van der Waals surface area contributed by atoms with Crippen molar-refractivity contribution in [2.45, 2.75) is 59.0 Å². The van der Waals surface area contributed by atoms with Crippen molar-refractivity contribution in [2.24, 2.45) is 0 Å². The Hall–Kier alpha value is -2.38. The molecule has 1 aromatic carbocycles. The van der Waals surface area contributed by atoms with Gasteiger partial charge in [0, 0.05) is 62.8 Å². The first-order valence-electron chi connectivity index (χ1n) is 12.2. The summed E-state index contributed by atoms with van der Waals surface area (Å²) in [6.45, 7) is 13.9. The number of nitrogens with two attached hydrogens (primary N) is 1. The summed E-state index contributed by atoms with van der Waals surface area (Å²) >= 11 is 0. The summed E-state index contributed by atoms with van der Waals surface area (Å²) in [4.78, 5) is 13.7. The topological polar surface area (TPSA) is 82.3 Å². The number of nitrogen functional groups attached to an aromatic ring is 1. The molecule has 2 aromatic rings. The van der Waals surface area contributed by atoms with Crippen molar-refractivity contribution in [3.8, 4) is 0 Å². The smallest absolute Gasteiger partial charge is 0.221 e. The number of piperazine rings is 1. The van der Waals surface area contributed by atoms with Crippen LogP contribution in [0.1, 0.15) is 51.2 Å². The summed E-state index contributed by atoms with van der Waals surface area (Å²) in [6, 6.07) is 9.54. The number of anilines is 3. The fourth-order valence-corrected chi connectivity index (χ4v) is 4.01. The van der Waals surface area contributed by atoms with Crippen LogP contribution in [0.15, 0.2) is 30.5 Å². The Morgan fingerprint density at radius 2 is 1.81 bits per heavy atom. The van der Waals surface area contributed by atoms with Crippen LogP contribution < -0.4 is 21.3 Å². The van der Waals surface area contributed by atoms with Crippen LogP contribution in [0.5, 0.6) is 0 Å². The summed E-state index contributed by atoms with van der Waals surface area (Å²) in [5.74, 6) is 1.25. The van der Waals surface area contributed by atoms with Crippen LogP contribution in [0.4, 0.5) is 17.5 Å². The molecule has 3 rings (SSSR count).